The van der Waals surface area contributed by atoms with Gasteiger partial charge in [0.15, 0.2) is 0 Å². The smallest absolute Gasteiger partial charge is 0.0995 e. The highest BCUT2D eigenvalue weighted by atomic mass is 35.5. The van der Waals surface area contributed by atoms with Crippen molar-refractivity contribution in [2.45, 2.75) is 43.9 Å². The molecule has 2 aromatic carbocycles. The van der Waals surface area contributed by atoms with Crippen molar-refractivity contribution in [3.05, 3.63) is 64.7 Å². The molecule has 0 unspecified atom stereocenters. The molecule has 160 valence electrons. The van der Waals surface area contributed by atoms with Gasteiger partial charge in [-0.2, -0.15) is 10.5 Å². The van der Waals surface area contributed by atoms with Crippen LogP contribution in [0.4, 0.5) is 5.69 Å². The van der Waals surface area contributed by atoms with E-state index in [2.05, 4.69) is 40.1 Å². The quantitative estimate of drug-likeness (QED) is 0.703. The standard InChI is InChI=1S/C25H26N4O.ClH/c26-16-19-4-6-21(7-5-19)28-12-14-29(15-13-28)22-8-10-25(11-9-22)24-3-1-2-20(17-27)23(24)18-30-25;/h1-7,22H,8-15,18H2;1H. The van der Waals surface area contributed by atoms with Crippen LogP contribution >= 0.6 is 12.4 Å². The SMILES string of the molecule is Cl.N#Cc1ccc(N2CCN(C3CCC4(CC3)OCc3c(C#N)cccc34)CC2)cc1. The molecular weight excluding hydrogens is 408 g/mol. The van der Waals surface area contributed by atoms with Crippen molar-refractivity contribution in [2.75, 3.05) is 31.1 Å². The monoisotopic (exact) mass is 434 g/mol. The van der Waals surface area contributed by atoms with Gasteiger partial charge in [-0.15, -0.1) is 12.4 Å². The zero-order valence-corrected chi connectivity index (χ0v) is 18.4. The lowest BCUT2D eigenvalue weighted by Crippen LogP contribution is -2.52. The summed E-state index contributed by atoms with van der Waals surface area (Å²) in [5.41, 5.74) is 4.88. The van der Waals surface area contributed by atoms with E-state index in [1.54, 1.807) is 0 Å². The molecular formula is C25H27ClN4O. The van der Waals surface area contributed by atoms with Gasteiger partial charge in [-0.05, 0) is 61.6 Å². The van der Waals surface area contributed by atoms with Gasteiger partial charge in [0.25, 0.3) is 0 Å². The van der Waals surface area contributed by atoms with E-state index in [0.717, 1.165) is 63.0 Å². The largest absolute Gasteiger partial charge is 0.369 e. The molecule has 5 nitrogen and oxygen atoms in total. The number of ether oxygens (including phenoxy) is 1. The second kappa shape index (κ2) is 8.89. The van der Waals surface area contributed by atoms with E-state index in [4.69, 9.17) is 10.00 Å². The molecule has 3 aliphatic rings. The second-order valence-electron chi connectivity index (χ2n) is 8.64. The van der Waals surface area contributed by atoms with Crippen molar-refractivity contribution in [2.24, 2.45) is 0 Å². The number of nitriles is 2. The van der Waals surface area contributed by atoms with Gasteiger partial charge in [-0.3, -0.25) is 4.90 Å². The number of fused-ring (bicyclic) bond motifs is 2. The zero-order chi connectivity index (χ0) is 20.6. The normalized spacial score (nSPS) is 25.4. The first-order chi connectivity index (χ1) is 14.7. The van der Waals surface area contributed by atoms with Gasteiger partial charge >= 0.3 is 0 Å². The highest BCUT2D eigenvalue weighted by molar-refractivity contribution is 5.85. The first-order valence-electron chi connectivity index (χ1n) is 10.9. The molecule has 0 atom stereocenters. The van der Waals surface area contributed by atoms with E-state index in [-0.39, 0.29) is 18.0 Å². The Bertz CT molecular complexity index is 1010. The number of hydrogen-bond acceptors (Lipinski definition) is 5. The molecule has 2 aromatic rings. The summed E-state index contributed by atoms with van der Waals surface area (Å²) in [6.07, 6.45) is 4.37. The third kappa shape index (κ3) is 3.90. The molecule has 5 rings (SSSR count). The molecule has 1 aliphatic carbocycles. The predicted molar refractivity (Wildman–Crippen MR) is 122 cm³/mol. The van der Waals surface area contributed by atoms with Gasteiger partial charge in [-0.25, -0.2) is 0 Å². The van der Waals surface area contributed by atoms with Gasteiger partial charge in [-0.1, -0.05) is 12.1 Å². The lowest BCUT2D eigenvalue weighted by Gasteiger charge is -2.45. The van der Waals surface area contributed by atoms with E-state index in [1.165, 1.54) is 11.3 Å². The van der Waals surface area contributed by atoms with Gasteiger partial charge in [0.1, 0.15) is 0 Å². The van der Waals surface area contributed by atoms with Crippen LogP contribution < -0.4 is 4.90 Å². The van der Waals surface area contributed by atoms with Crippen LogP contribution in [-0.2, 0) is 16.9 Å². The van der Waals surface area contributed by atoms with E-state index >= 15 is 0 Å². The van der Waals surface area contributed by atoms with Gasteiger partial charge in [0.2, 0.25) is 0 Å². The summed E-state index contributed by atoms with van der Waals surface area (Å²) < 4.78 is 6.32. The van der Waals surface area contributed by atoms with Crippen molar-refractivity contribution < 1.29 is 4.74 Å². The first-order valence-corrected chi connectivity index (χ1v) is 10.9. The van der Waals surface area contributed by atoms with Crippen molar-refractivity contribution in [1.82, 2.24) is 4.90 Å². The second-order valence-corrected chi connectivity index (χ2v) is 8.64. The summed E-state index contributed by atoms with van der Waals surface area (Å²) in [5.74, 6) is 0. The molecule has 0 amide bonds. The topological polar surface area (TPSA) is 63.3 Å². The number of hydrogen-bond donors (Lipinski definition) is 0. The number of benzene rings is 2. The van der Waals surface area contributed by atoms with Crippen LogP contribution in [0.15, 0.2) is 42.5 Å². The van der Waals surface area contributed by atoms with Crippen molar-refractivity contribution in [1.29, 1.82) is 10.5 Å². The van der Waals surface area contributed by atoms with E-state index < -0.39 is 0 Å². The number of anilines is 1. The maximum absolute atomic E-state index is 9.40. The van der Waals surface area contributed by atoms with Crippen LogP contribution in [0.25, 0.3) is 0 Å². The Kier molecular flexibility index (Phi) is 6.21. The van der Waals surface area contributed by atoms with Crippen LogP contribution in [0.5, 0.6) is 0 Å². The van der Waals surface area contributed by atoms with E-state index in [0.29, 0.717) is 18.2 Å². The molecule has 1 saturated carbocycles. The number of halogens is 1. The summed E-state index contributed by atoms with van der Waals surface area (Å²) in [4.78, 5) is 5.07. The van der Waals surface area contributed by atoms with Crippen LogP contribution in [0.2, 0.25) is 0 Å². The number of nitrogens with zero attached hydrogens (tertiary/aromatic N) is 4. The fraction of sp³-hybridized carbons (Fsp3) is 0.440. The lowest BCUT2D eigenvalue weighted by atomic mass is 9.76. The Morgan fingerprint density at radius 3 is 2.26 bits per heavy atom. The summed E-state index contributed by atoms with van der Waals surface area (Å²) in [5, 5.41) is 18.4. The molecule has 2 aliphatic heterocycles. The lowest BCUT2D eigenvalue weighted by molar-refractivity contribution is -0.0777. The highest BCUT2D eigenvalue weighted by Crippen LogP contribution is 2.48. The fourth-order valence-corrected chi connectivity index (χ4v) is 5.50. The van der Waals surface area contributed by atoms with Crippen LogP contribution in [0.3, 0.4) is 0 Å². The van der Waals surface area contributed by atoms with E-state index in [1.807, 2.05) is 24.3 Å². The molecule has 1 saturated heterocycles. The Labute approximate surface area is 190 Å². The average molecular weight is 435 g/mol. The minimum absolute atomic E-state index is 0. The molecule has 0 aromatic heterocycles. The minimum Gasteiger partial charge on any atom is -0.369 e. The molecule has 0 radical (unpaired) electrons. The van der Waals surface area contributed by atoms with Crippen molar-refractivity contribution >= 4 is 18.1 Å². The molecule has 2 fully saturated rings. The van der Waals surface area contributed by atoms with E-state index in [9.17, 15) is 5.26 Å². The first kappa shape index (κ1) is 21.7. The summed E-state index contributed by atoms with van der Waals surface area (Å²) in [7, 11) is 0. The van der Waals surface area contributed by atoms with Gasteiger partial charge < -0.3 is 9.64 Å². The van der Waals surface area contributed by atoms with Crippen molar-refractivity contribution in [3.63, 3.8) is 0 Å². The molecule has 0 N–H and O–H groups in total. The van der Waals surface area contributed by atoms with Gasteiger partial charge in [0.05, 0.1) is 35.5 Å². The van der Waals surface area contributed by atoms with Crippen LogP contribution in [-0.4, -0.2) is 37.1 Å². The maximum atomic E-state index is 9.40. The average Bonchev–Trinajstić information content (AvgIpc) is 3.18. The Balaban J connectivity index is 0.00000231. The molecule has 2 heterocycles. The Morgan fingerprint density at radius 2 is 1.61 bits per heavy atom. The fourth-order valence-electron chi connectivity index (χ4n) is 5.50. The summed E-state index contributed by atoms with van der Waals surface area (Å²) in [6.45, 7) is 4.78. The van der Waals surface area contributed by atoms with Crippen LogP contribution in [0, 0.1) is 22.7 Å². The summed E-state index contributed by atoms with van der Waals surface area (Å²) in [6, 6.07) is 19.1. The van der Waals surface area contributed by atoms with Crippen LogP contribution in [0.1, 0.15) is 47.9 Å². The number of rotatable bonds is 2. The maximum Gasteiger partial charge on any atom is 0.0995 e. The third-order valence-electron chi connectivity index (χ3n) is 7.24. The van der Waals surface area contributed by atoms with Crippen molar-refractivity contribution in [3.8, 4) is 12.1 Å². The predicted octanol–water partition coefficient (Wildman–Crippen LogP) is 4.34. The third-order valence-corrected chi connectivity index (χ3v) is 7.24. The highest BCUT2D eigenvalue weighted by Gasteiger charge is 2.44. The molecule has 6 heteroatoms. The minimum atomic E-state index is -0.178. The molecule has 0 bridgehead atoms. The molecule has 31 heavy (non-hydrogen) atoms. The number of piperazine rings is 1. The summed E-state index contributed by atoms with van der Waals surface area (Å²) >= 11 is 0. The Morgan fingerprint density at radius 1 is 0.903 bits per heavy atom. The molecule has 1 spiro atoms. The van der Waals surface area contributed by atoms with Gasteiger partial charge in [0, 0.05) is 43.5 Å². The Hall–Kier alpha value is -2.57. The zero-order valence-electron chi connectivity index (χ0n) is 17.6.